The Kier molecular flexibility index (Phi) is 3.25. The smallest absolute Gasteiger partial charge is 0.145 e. The van der Waals surface area contributed by atoms with Crippen molar-refractivity contribution in [3.63, 3.8) is 0 Å². The van der Waals surface area contributed by atoms with E-state index in [9.17, 15) is 0 Å². The van der Waals surface area contributed by atoms with Gasteiger partial charge in [0, 0.05) is 11.8 Å². The minimum atomic E-state index is 0.707. The molecule has 2 N–H and O–H groups in total. The lowest BCUT2D eigenvalue weighted by molar-refractivity contribution is 1.19. The van der Waals surface area contributed by atoms with Crippen molar-refractivity contribution < 1.29 is 0 Å². The molecule has 0 amide bonds. The Labute approximate surface area is 118 Å². The average molecular weight is 263 g/mol. The molecule has 20 heavy (non-hydrogen) atoms. The SMILES string of the molecule is Cc1nc2c(/C=C/Cc3ccccc3)cccn2c1N. The second-order valence-electron chi connectivity index (χ2n) is 4.83. The summed E-state index contributed by atoms with van der Waals surface area (Å²) in [6.45, 7) is 1.93. The van der Waals surface area contributed by atoms with Crippen LogP contribution in [0.5, 0.6) is 0 Å². The zero-order valence-electron chi connectivity index (χ0n) is 11.5. The number of aryl methyl sites for hydroxylation is 1. The van der Waals surface area contributed by atoms with Crippen LogP contribution < -0.4 is 5.73 Å². The second kappa shape index (κ2) is 5.21. The largest absolute Gasteiger partial charge is 0.383 e. The molecule has 0 radical (unpaired) electrons. The Morgan fingerprint density at radius 1 is 1.15 bits per heavy atom. The Morgan fingerprint density at radius 3 is 2.75 bits per heavy atom. The normalized spacial score (nSPS) is 11.4. The van der Waals surface area contributed by atoms with Crippen LogP contribution in [0.1, 0.15) is 16.8 Å². The quantitative estimate of drug-likeness (QED) is 0.786. The molecule has 2 aromatic heterocycles. The maximum Gasteiger partial charge on any atom is 0.145 e. The zero-order valence-corrected chi connectivity index (χ0v) is 11.5. The highest BCUT2D eigenvalue weighted by Gasteiger charge is 2.06. The Morgan fingerprint density at radius 2 is 1.95 bits per heavy atom. The van der Waals surface area contributed by atoms with Gasteiger partial charge in [-0.05, 0) is 31.0 Å². The number of pyridine rings is 1. The van der Waals surface area contributed by atoms with Gasteiger partial charge in [-0.25, -0.2) is 4.98 Å². The Balaban J connectivity index is 1.89. The van der Waals surface area contributed by atoms with E-state index >= 15 is 0 Å². The van der Waals surface area contributed by atoms with Gasteiger partial charge in [-0.2, -0.15) is 0 Å². The van der Waals surface area contributed by atoms with Crippen molar-refractivity contribution in [2.45, 2.75) is 13.3 Å². The number of nitrogens with zero attached hydrogens (tertiary/aromatic N) is 2. The van der Waals surface area contributed by atoms with E-state index in [0.717, 1.165) is 23.3 Å². The molecule has 0 aliphatic carbocycles. The highest BCUT2D eigenvalue weighted by atomic mass is 15.1. The molecule has 1 aromatic carbocycles. The molecule has 0 bridgehead atoms. The standard InChI is InChI=1S/C17H17N3/c1-13-16(18)20-12-6-11-15(17(20)19-13)10-5-9-14-7-3-2-4-8-14/h2-8,10-12H,9,18H2,1H3/b10-5+. The summed E-state index contributed by atoms with van der Waals surface area (Å²) >= 11 is 0. The van der Waals surface area contributed by atoms with E-state index in [1.807, 2.05) is 29.7 Å². The van der Waals surface area contributed by atoms with Gasteiger partial charge in [0.25, 0.3) is 0 Å². The minimum Gasteiger partial charge on any atom is -0.383 e. The first kappa shape index (κ1) is 12.5. The van der Waals surface area contributed by atoms with Gasteiger partial charge in [0.05, 0.1) is 5.69 Å². The van der Waals surface area contributed by atoms with Crippen molar-refractivity contribution in [1.29, 1.82) is 0 Å². The number of aromatic nitrogens is 2. The first-order valence-corrected chi connectivity index (χ1v) is 6.69. The maximum absolute atomic E-state index is 6.00. The van der Waals surface area contributed by atoms with Gasteiger partial charge < -0.3 is 5.73 Å². The van der Waals surface area contributed by atoms with Crippen LogP contribution in [0.4, 0.5) is 5.82 Å². The third-order valence-electron chi connectivity index (χ3n) is 3.39. The van der Waals surface area contributed by atoms with Gasteiger partial charge in [0.2, 0.25) is 0 Å². The Hall–Kier alpha value is -2.55. The van der Waals surface area contributed by atoms with Crippen molar-refractivity contribution in [3.8, 4) is 0 Å². The fourth-order valence-electron chi connectivity index (χ4n) is 2.29. The summed E-state index contributed by atoms with van der Waals surface area (Å²) in [4.78, 5) is 4.53. The summed E-state index contributed by atoms with van der Waals surface area (Å²) in [5, 5.41) is 0. The predicted molar refractivity (Wildman–Crippen MR) is 83.5 cm³/mol. The first-order chi connectivity index (χ1) is 9.75. The molecule has 0 saturated heterocycles. The highest BCUT2D eigenvalue weighted by Crippen LogP contribution is 2.18. The number of fused-ring (bicyclic) bond motifs is 1. The van der Waals surface area contributed by atoms with Crippen molar-refractivity contribution in [1.82, 2.24) is 9.38 Å². The van der Waals surface area contributed by atoms with Crippen molar-refractivity contribution in [3.05, 3.63) is 71.6 Å². The summed E-state index contributed by atoms with van der Waals surface area (Å²) in [6, 6.07) is 14.5. The van der Waals surface area contributed by atoms with Crippen LogP contribution in [-0.2, 0) is 6.42 Å². The number of hydrogen-bond donors (Lipinski definition) is 1. The summed E-state index contributed by atoms with van der Waals surface area (Å²) in [5.74, 6) is 0.707. The minimum absolute atomic E-state index is 0.707. The van der Waals surface area contributed by atoms with Crippen LogP contribution in [0.15, 0.2) is 54.7 Å². The van der Waals surface area contributed by atoms with E-state index in [0.29, 0.717) is 5.82 Å². The van der Waals surface area contributed by atoms with Gasteiger partial charge >= 0.3 is 0 Å². The molecular weight excluding hydrogens is 246 g/mol. The number of allylic oxidation sites excluding steroid dienone is 1. The molecule has 0 unspecified atom stereocenters. The van der Waals surface area contributed by atoms with E-state index in [2.05, 4.69) is 47.5 Å². The fourth-order valence-corrected chi connectivity index (χ4v) is 2.29. The first-order valence-electron chi connectivity index (χ1n) is 6.69. The lowest BCUT2D eigenvalue weighted by Crippen LogP contribution is -1.94. The molecule has 0 atom stereocenters. The van der Waals surface area contributed by atoms with Gasteiger partial charge in [0.15, 0.2) is 0 Å². The topological polar surface area (TPSA) is 43.3 Å². The summed E-state index contributed by atoms with van der Waals surface area (Å²) in [5.41, 5.74) is 10.2. The number of anilines is 1. The third-order valence-corrected chi connectivity index (χ3v) is 3.39. The van der Waals surface area contributed by atoms with Crippen LogP contribution in [0.3, 0.4) is 0 Å². The predicted octanol–water partition coefficient (Wildman–Crippen LogP) is 3.48. The van der Waals surface area contributed by atoms with Crippen molar-refractivity contribution in [2.24, 2.45) is 0 Å². The van der Waals surface area contributed by atoms with Crippen LogP contribution in [0.2, 0.25) is 0 Å². The average Bonchev–Trinajstić information content (AvgIpc) is 2.77. The second-order valence-corrected chi connectivity index (χ2v) is 4.83. The lowest BCUT2D eigenvalue weighted by atomic mass is 10.1. The third kappa shape index (κ3) is 2.30. The van der Waals surface area contributed by atoms with Crippen LogP contribution >= 0.6 is 0 Å². The maximum atomic E-state index is 6.00. The van der Waals surface area contributed by atoms with Crippen LogP contribution in [0, 0.1) is 6.92 Å². The van der Waals surface area contributed by atoms with E-state index in [1.54, 1.807) is 0 Å². The summed E-state index contributed by atoms with van der Waals surface area (Å²) < 4.78 is 1.93. The van der Waals surface area contributed by atoms with E-state index in [4.69, 9.17) is 5.73 Å². The zero-order chi connectivity index (χ0) is 13.9. The number of benzene rings is 1. The molecule has 0 aliphatic heterocycles. The molecule has 3 heteroatoms. The summed E-state index contributed by atoms with van der Waals surface area (Å²) in [6.07, 6.45) is 7.12. The van der Waals surface area contributed by atoms with Gasteiger partial charge in [-0.3, -0.25) is 4.40 Å². The molecule has 3 aromatic rings. The molecular formula is C17H17N3. The molecule has 0 fully saturated rings. The molecule has 0 spiro atoms. The van der Waals surface area contributed by atoms with E-state index in [1.165, 1.54) is 5.56 Å². The Bertz CT molecular complexity index is 755. The van der Waals surface area contributed by atoms with Crippen molar-refractivity contribution >= 4 is 17.5 Å². The number of nitrogens with two attached hydrogens (primary N) is 1. The van der Waals surface area contributed by atoms with Crippen LogP contribution in [0.25, 0.3) is 11.7 Å². The van der Waals surface area contributed by atoms with E-state index < -0.39 is 0 Å². The van der Waals surface area contributed by atoms with E-state index in [-0.39, 0.29) is 0 Å². The highest BCUT2D eigenvalue weighted by molar-refractivity contribution is 5.68. The molecule has 0 saturated carbocycles. The number of imidazole rings is 1. The van der Waals surface area contributed by atoms with Crippen molar-refractivity contribution in [2.75, 3.05) is 5.73 Å². The number of nitrogen functional groups attached to an aromatic ring is 1. The molecule has 3 nitrogen and oxygen atoms in total. The molecule has 100 valence electrons. The monoisotopic (exact) mass is 263 g/mol. The molecule has 0 aliphatic rings. The fraction of sp³-hybridized carbons (Fsp3) is 0.118. The van der Waals surface area contributed by atoms with Gasteiger partial charge in [0.1, 0.15) is 11.5 Å². The molecule has 3 rings (SSSR count). The van der Waals surface area contributed by atoms with Gasteiger partial charge in [-0.1, -0.05) is 42.5 Å². The van der Waals surface area contributed by atoms with Crippen LogP contribution in [-0.4, -0.2) is 9.38 Å². The van der Waals surface area contributed by atoms with Gasteiger partial charge in [-0.15, -0.1) is 0 Å². The molecule has 2 heterocycles. The lowest BCUT2D eigenvalue weighted by Gasteiger charge is -1.99. The number of rotatable bonds is 3. The number of hydrogen-bond acceptors (Lipinski definition) is 2. The summed E-state index contributed by atoms with van der Waals surface area (Å²) in [7, 11) is 0.